The molecule has 21 heteroatoms. The Hall–Kier alpha value is -5.87. The van der Waals surface area contributed by atoms with Crippen molar-refractivity contribution in [2.45, 2.75) is 76.7 Å². The van der Waals surface area contributed by atoms with Crippen molar-refractivity contribution in [1.82, 2.24) is 25.0 Å². The summed E-state index contributed by atoms with van der Waals surface area (Å²) >= 11 is 1.53. The molecule has 2 fully saturated rings. The summed E-state index contributed by atoms with van der Waals surface area (Å²) in [5.74, 6) is -1.99. The van der Waals surface area contributed by atoms with Crippen LogP contribution >= 0.6 is 11.3 Å². The molecule has 0 radical (unpaired) electrons. The molecule has 3 aliphatic rings. The lowest BCUT2D eigenvalue weighted by Gasteiger charge is -2.47. The first kappa shape index (κ1) is 53.5. The van der Waals surface area contributed by atoms with Crippen LogP contribution in [0, 0.1) is 5.82 Å². The van der Waals surface area contributed by atoms with E-state index >= 15 is 4.39 Å². The Morgan fingerprint density at radius 1 is 1.01 bits per heavy atom. The Morgan fingerprint density at radius 2 is 1.76 bits per heavy atom. The maximum absolute atomic E-state index is 15.8. The van der Waals surface area contributed by atoms with Crippen molar-refractivity contribution < 1.29 is 65.9 Å². The summed E-state index contributed by atoms with van der Waals surface area (Å²) in [5.41, 5.74) is 3.39. The van der Waals surface area contributed by atoms with Crippen molar-refractivity contribution in [2.24, 2.45) is 0 Å². The molecule has 0 unspecified atom stereocenters. The molecule has 3 amide bonds. The Morgan fingerprint density at radius 3 is 2.47 bits per heavy atom. The number of likely N-dealkylation sites (tertiary alicyclic amines) is 1. The van der Waals surface area contributed by atoms with Crippen LogP contribution in [0.1, 0.15) is 76.8 Å². The molecule has 0 saturated carbocycles. The Bertz CT molecular complexity index is 2430. The maximum Gasteiger partial charge on any atom is 0.490 e. The number of nitrogens with zero attached hydrogens (tertiary/aromatic N) is 4. The molecule has 0 bridgehead atoms. The number of halogens is 4. The average molecular weight is 1000 g/mol. The fourth-order valence-electron chi connectivity index (χ4n) is 8.30. The van der Waals surface area contributed by atoms with E-state index in [9.17, 15) is 32.7 Å². The summed E-state index contributed by atoms with van der Waals surface area (Å²) in [6.45, 7) is 10.0. The normalized spacial score (nSPS) is 15.7. The van der Waals surface area contributed by atoms with E-state index in [0.717, 1.165) is 42.1 Å². The first-order valence-corrected chi connectivity index (χ1v) is 24.0. The number of rotatable bonds is 19. The molecule has 3 aromatic carbocycles. The predicted molar refractivity (Wildman–Crippen MR) is 252 cm³/mol. The number of fused-ring (bicyclic) bond motifs is 1. The standard InChI is InChI=1S/C47H59FN6O8S.C2HF3O2/c1-32(2)45-50-38(30-63-45)46(58)54-22-25-62-47(31-54)15-19-52(20-16-47)28-36-8-5-7-34(42(36)48)13-23-60-24-14-41(57)53(27-33-6-4-9-37(26-33)59-3)21-18-49-17-12-35-10-11-39(55)43-44(35)61-29-40(56)51-43;3-2(4,5)1(6)7/h4-11,26,30,32,49,55H,12-25,27-29,31H2,1-3H3,(H,51,56);(H,6,7). The van der Waals surface area contributed by atoms with Crippen molar-refractivity contribution in [3.8, 4) is 17.2 Å². The molecule has 1 spiro atoms. The average Bonchev–Trinajstić information content (AvgIpc) is 3.84. The summed E-state index contributed by atoms with van der Waals surface area (Å²) in [5, 5.41) is 26.2. The SMILES string of the molecule is COc1cccc(CN(CCNCCc2ccc(O)c3c2OCC(=O)N3)C(=O)CCOCCc2cccc(CN3CCC4(CC3)CN(C(=O)c3csc(C(C)C)n3)CCO4)c2F)c1.O=C(O)C(F)(F)F. The van der Waals surface area contributed by atoms with Crippen molar-refractivity contribution in [2.75, 3.05) is 84.7 Å². The summed E-state index contributed by atoms with van der Waals surface area (Å²) < 4.78 is 70.8. The second-order valence-electron chi connectivity index (χ2n) is 17.5. The van der Waals surface area contributed by atoms with Gasteiger partial charge in [-0.05, 0) is 67.1 Å². The van der Waals surface area contributed by atoms with E-state index in [2.05, 4.69) is 34.4 Å². The van der Waals surface area contributed by atoms with Crippen LogP contribution in [0.2, 0.25) is 0 Å². The number of aromatic nitrogens is 1. The van der Waals surface area contributed by atoms with E-state index in [-0.39, 0.29) is 67.1 Å². The Balaban J connectivity index is 0.00000107. The molecule has 4 N–H and O–H groups in total. The van der Waals surface area contributed by atoms with Gasteiger partial charge in [-0.3, -0.25) is 19.3 Å². The number of benzene rings is 3. The largest absolute Gasteiger partial charge is 0.506 e. The number of phenols is 1. The molecule has 3 aliphatic heterocycles. The minimum atomic E-state index is -5.08. The molecule has 2 saturated heterocycles. The number of hydrogen-bond donors (Lipinski definition) is 4. The number of carbonyl (C=O) groups excluding carboxylic acids is 3. The zero-order valence-corrected chi connectivity index (χ0v) is 40.3. The second-order valence-corrected chi connectivity index (χ2v) is 18.4. The van der Waals surface area contributed by atoms with Crippen LogP contribution < -0.4 is 20.1 Å². The molecule has 4 heterocycles. The highest BCUT2D eigenvalue weighted by molar-refractivity contribution is 7.09. The zero-order valence-electron chi connectivity index (χ0n) is 39.4. The molecule has 0 aliphatic carbocycles. The number of carbonyl (C=O) groups is 4. The highest BCUT2D eigenvalue weighted by Gasteiger charge is 2.42. The van der Waals surface area contributed by atoms with Gasteiger partial charge in [0.25, 0.3) is 11.8 Å². The van der Waals surface area contributed by atoms with Crippen LogP contribution in [-0.4, -0.2) is 145 Å². The van der Waals surface area contributed by atoms with Gasteiger partial charge in [-0.2, -0.15) is 13.2 Å². The molecular weight excluding hydrogens is 941 g/mol. The van der Waals surface area contributed by atoms with E-state index < -0.39 is 17.7 Å². The monoisotopic (exact) mass is 1000 g/mol. The van der Waals surface area contributed by atoms with Gasteiger partial charge in [-0.1, -0.05) is 50.2 Å². The van der Waals surface area contributed by atoms with Gasteiger partial charge in [-0.25, -0.2) is 14.2 Å². The fourth-order valence-corrected chi connectivity index (χ4v) is 9.11. The number of nitrogens with one attached hydrogen (secondary N) is 2. The highest BCUT2D eigenvalue weighted by atomic mass is 32.1. The van der Waals surface area contributed by atoms with Crippen LogP contribution in [0.3, 0.4) is 0 Å². The lowest BCUT2D eigenvalue weighted by Crippen LogP contribution is -2.58. The third-order valence-electron chi connectivity index (χ3n) is 12.1. The second kappa shape index (κ2) is 24.8. The van der Waals surface area contributed by atoms with Gasteiger partial charge in [0, 0.05) is 62.7 Å². The van der Waals surface area contributed by atoms with Crippen LogP contribution in [0.4, 0.5) is 23.2 Å². The zero-order chi connectivity index (χ0) is 50.4. The smallest absolute Gasteiger partial charge is 0.490 e. The number of hydrogen-bond acceptors (Lipinski definition) is 13. The van der Waals surface area contributed by atoms with Gasteiger partial charge in [-0.15, -0.1) is 11.3 Å². The molecule has 1 aromatic heterocycles. The number of alkyl halides is 3. The van der Waals surface area contributed by atoms with Gasteiger partial charge in [0.2, 0.25) is 5.91 Å². The van der Waals surface area contributed by atoms with Crippen LogP contribution in [0.25, 0.3) is 0 Å². The molecule has 70 heavy (non-hydrogen) atoms. The summed E-state index contributed by atoms with van der Waals surface area (Å²) in [7, 11) is 1.61. The minimum Gasteiger partial charge on any atom is -0.506 e. The lowest BCUT2D eigenvalue weighted by molar-refractivity contribution is -0.192. The number of ether oxygens (including phenoxy) is 4. The van der Waals surface area contributed by atoms with Gasteiger partial charge < -0.3 is 49.6 Å². The van der Waals surface area contributed by atoms with Gasteiger partial charge in [0.15, 0.2) is 12.4 Å². The molecular formula is C49H60F4N6O10S. The Kier molecular flexibility index (Phi) is 18.9. The maximum atomic E-state index is 15.8. The van der Waals surface area contributed by atoms with E-state index in [4.69, 9.17) is 28.8 Å². The third-order valence-corrected chi connectivity index (χ3v) is 13.3. The number of carboxylic acids is 1. The first-order chi connectivity index (χ1) is 33.4. The van der Waals surface area contributed by atoms with E-state index in [0.29, 0.717) is 93.6 Å². The topological polar surface area (TPSA) is 192 Å². The number of carboxylic acid groups (broad SMARTS) is 1. The number of phenolic OH excluding ortho intramolecular Hbond substituents is 1. The lowest BCUT2D eigenvalue weighted by atomic mass is 9.89. The van der Waals surface area contributed by atoms with E-state index in [1.807, 2.05) is 46.7 Å². The summed E-state index contributed by atoms with van der Waals surface area (Å²) in [6.07, 6.45) is -2.43. The van der Waals surface area contributed by atoms with Crippen molar-refractivity contribution in [3.05, 3.63) is 98.7 Å². The Labute approximate surface area is 407 Å². The number of anilines is 1. The molecule has 4 aromatic rings. The number of amides is 3. The highest BCUT2D eigenvalue weighted by Crippen LogP contribution is 2.39. The number of aliphatic carboxylic acids is 1. The van der Waals surface area contributed by atoms with Crippen molar-refractivity contribution in [3.63, 3.8) is 0 Å². The molecule has 380 valence electrons. The number of methoxy groups -OCH3 is 1. The van der Waals surface area contributed by atoms with Gasteiger partial charge in [0.05, 0.1) is 50.5 Å². The minimum absolute atomic E-state index is 0.0396. The van der Waals surface area contributed by atoms with Gasteiger partial charge in [0.1, 0.15) is 28.7 Å². The van der Waals surface area contributed by atoms with Gasteiger partial charge >= 0.3 is 12.1 Å². The molecule has 16 nitrogen and oxygen atoms in total. The first-order valence-electron chi connectivity index (χ1n) is 23.1. The van der Waals surface area contributed by atoms with E-state index in [1.165, 1.54) is 17.4 Å². The summed E-state index contributed by atoms with van der Waals surface area (Å²) in [6, 6.07) is 16.5. The number of aromatic hydroxyl groups is 1. The van der Waals surface area contributed by atoms with E-state index in [1.54, 1.807) is 24.1 Å². The van der Waals surface area contributed by atoms with Crippen molar-refractivity contribution in [1.29, 1.82) is 0 Å². The fraction of sp³-hybridized carbons (Fsp3) is 0.490. The number of thiazole rings is 1. The number of piperidine rings is 1. The number of morpholine rings is 1. The van der Waals surface area contributed by atoms with Crippen molar-refractivity contribution >= 4 is 40.7 Å². The molecule has 7 rings (SSSR count). The third kappa shape index (κ3) is 14.8. The quantitative estimate of drug-likeness (QED) is 0.0459. The van der Waals surface area contributed by atoms with Crippen LogP contribution in [0.15, 0.2) is 60.0 Å². The summed E-state index contributed by atoms with van der Waals surface area (Å²) in [4.78, 5) is 58.1. The predicted octanol–water partition coefficient (Wildman–Crippen LogP) is 6.40. The van der Waals surface area contributed by atoms with Crippen LogP contribution in [-0.2, 0) is 49.8 Å². The molecule has 0 atom stereocenters. The van der Waals surface area contributed by atoms with Crippen LogP contribution in [0.5, 0.6) is 17.2 Å².